The van der Waals surface area contributed by atoms with Gasteiger partial charge in [-0.15, -0.1) is 10.2 Å². The lowest BCUT2D eigenvalue weighted by molar-refractivity contribution is 0.189. The molecule has 0 saturated heterocycles. The lowest BCUT2D eigenvalue weighted by Crippen LogP contribution is -2.05. The van der Waals surface area contributed by atoms with E-state index in [0.717, 1.165) is 34.1 Å². The van der Waals surface area contributed by atoms with Crippen molar-refractivity contribution < 1.29 is 9.26 Å². The van der Waals surface area contributed by atoms with Crippen LogP contribution in [-0.2, 0) is 17.0 Å². The van der Waals surface area contributed by atoms with Crippen molar-refractivity contribution in [3.8, 4) is 22.8 Å². The third-order valence-corrected chi connectivity index (χ3v) is 5.92. The van der Waals surface area contributed by atoms with Crippen molar-refractivity contribution in [1.29, 1.82) is 0 Å². The van der Waals surface area contributed by atoms with Crippen LogP contribution in [0.15, 0.2) is 58.2 Å². The topological polar surface area (TPSA) is 78.9 Å². The number of ether oxygens (including phenoxy) is 1. The van der Waals surface area contributed by atoms with E-state index in [1.807, 2.05) is 55.5 Å². The number of aryl methyl sites for hydroxylation is 1. The van der Waals surface area contributed by atoms with Crippen molar-refractivity contribution in [2.75, 3.05) is 13.7 Å². The first kappa shape index (κ1) is 21.5. The van der Waals surface area contributed by atoms with Gasteiger partial charge in [-0.25, -0.2) is 0 Å². The van der Waals surface area contributed by atoms with E-state index in [0.29, 0.717) is 35.6 Å². The Hall–Kier alpha value is -2.68. The molecule has 7 nitrogen and oxygen atoms in total. The Kier molecular flexibility index (Phi) is 7.01. The van der Waals surface area contributed by atoms with Crippen molar-refractivity contribution in [2.45, 2.75) is 30.8 Å². The molecular formula is C22H22ClN5O2S. The summed E-state index contributed by atoms with van der Waals surface area (Å²) in [5.74, 6) is 2.36. The summed E-state index contributed by atoms with van der Waals surface area (Å²) in [6.45, 7) is 3.39. The summed E-state index contributed by atoms with van der Waals surface area (Å²) in [6, 6.07) is 15.6. The lowest BCUT2D eigenvalue weighted by Gasteiger charge is -2.10. The van der Waals surface area contributed by atoms with Gasteiger partial charge in [0, 0.05) is 31.4 Å². The normalized spacial score (nSPS) is 11.2. The number of nitrogens with zero attached hydrogens (tertiary/aromatic N) is 5. The first-order valence-corrected chi connectivity index (χ1v) is 11.2. The fourth-order valence-electron chi connectivity index (χ4n) is 3.14. The van der Waals surface area contributed by atoms with E-state index in [2.05, 4.69) is 24.9 Å². The highest BCUT2D eigenvalue weighted by Crippen LogP contribution is 2.30. The standard InChI is InChI=1S/C22H22ClN5O2S/c1-15-7-5-8-16(13-15)21-24-19(27-30-21)14-31-22-26-25-20(28(22)11-6-12-29-2)17-9-3-4-10-18(17)23/h3-5,7-10,13H,6,11-12,14H2,1-2H3. The van der Waals surface area contributed by atoms with Crippen LogP contribution < -0.4 is 0 Å². The maximum Gasteiger partial charge on any atom is 0.257 e. The number of thioether (sulfide) groups is 1. The molecule has 4 rings (SSSR count). The summed E-state index contributed by atoms with van der Waals surface area (Å²) in [7, 11) is 1.69. The van der Waals surface area contributed by atoms with Crippen molar-refractivity contribution >= 4 is 23.4 Å². The Morgan fingerprint density at radius 1 is 1.13 bits per heavy atom. The highest BCUT2D eigenvalue weighted by molar-refractivity contribution is 7.98. The van der Waals surface area contributed by atoms with E-state index in [9.17, 15) is 0 Å². The molecule has 2 aromatic carbocycles. The smallest absolute Gasteiger partial charge is 0.257 e. The molecule has 0 spiro atoms. The van der Waals surface area contributed by atoms with Gasteiger partial charge in [-0.05, 0) is 37.6 Å². The average molecular weight is 456 g/mol. The molecule has 0 aliphatic carbocycles. The first-order chi connectivity index (χ1) is 15.2. The molecule has 9 heteroatoms. The molecule has 160 valence electrons. The molecule has 0 atom stereocenters. The van der Waals surface area contributed by atoms with Crippen LogP contribution in [0.4, 0.5) is 0 Å². The van der Waals surface area contributed by atoms with Gasteiger partial charge in [0.15, 0.2) is 16.8 Å². The molecule has 0 saturated carbocycles. The van der Waals surface area contributed by atoms with Gasteiger partial charge in [-0.1, -0.05) is 58.3 Å². The second kappa shape index (κ2) is 10.1. The van der Waals surface area contributed by atoms with Crippen LogP contribution in [-0.4, -0.2) is 38.6 Å². The summed E-state index contributed by atoms with van der Waals surface area (Å²) in [4.78, 5) is 4.52. The summed E-state index contributed by atoms with van der Waals surface area (Å²) in [5.41, 5.74) is 2.90. The fraction of sp³-hybridized carbons (Fsp3) is 0.273. The van der Waals surface area contributed by atoms with Crippen molar-refractivity contribution in [3.05, 3.63) is 64.9 Å². The van der Waals surface area contributed by atoms with Crippen molar-refractivity contribution in [1.82, 2.24) is 24.9 Å². The Labute approximate surface area is 189 Å². The fourth-order valence-corrected chi connectivity index (χ4v) is 4.17. The molecule has 0 aliphatic rings. The quantitative estimate of drug-likeness (QED) is 0.250. The molecular weight excluding hydrogens is 434 g/mol. The third-order valence-electron chi connectivity index (χ3n) is 4.63. The van der Waals surface area contributed by atoms with Gasteiger partial charge in [0.1, 0.15) is 0 Å². The van der Waals surface area contributed by atoms with E-state index in [4.69, 9.17) is 20.9 Å². The molecule has 0 unspecified atom stereocenters. The molecule has 31 heavy (non-hydrogen) atoms. The van der Waals surface area contributed by atoms with Crippen LogP contribution >= 0.6 is 23.4 Å². The Bertz CT molecular complexity index is 1160. The minimum absolute atomic E-state index is 0.512. The number of benzene rings is 2. The Morgan fingerprint density at radius 2 is 2.00 bits per heavy atom. The molecule has 0 bridgehead atoms. The number of hydrogen-bond donors (Lipinski definition) is 0. The van der Waals surface area contributed by atoms with Crippen LogP contribution in [0.3, 0.4) is 0 Å². The molecule has 0 fully saturated rings. The summed E-state index contributed by atoms with van der Waals surface area (Å²) < 4.78 is 12.7. The van der Waals surface area contributed by atoms with Gasteiger partial charge >= 0.3 is 0 Å². The second-order valence-corrected chi connectivity index (χ2v) is 8.31. The molecule has 2 heterocycles. The molecule has 0 N–H and O–H groups in total. The maximum absolute atomic E-state index is 6.40. The monoisotopic (exact) mass is 455 g/mol. The predicted molar refractivity (Wildman–Crippen MR) is 121 cm³/mol. The third kappa shape index (κ3) is 5.15. The predicted octanol–water partition coefficient (Wildman–Crippen LogP) is 5.29. The summed E-state index contributed by atoms with van der Waals surface area (Å²) in [5, 5.41) is 14.3. The lowest BCUT2D eigenvalue weighted by atomic mass is 10.1. The van der Waals surface area contributed by atoms with Gasteiger partial charge in [-0.3, -0.25) is 0 Å². The number of halogens is 1. The van der Waals surface area contributed by atoms with Gasteiger partial charge in [0.2, 0.25) is 0 Å². The van der Waals surface area contributed by atoms with Crippen LogP contribution in [0.2, 0.25) is 5.02 Å². The van der Waals surface area contributed by atoms with Crippen LogP contribution in [0, 0.1) is 6.92 Å². The van der Waals surface area contributed by atoms with E-state index in [-0.39, 0.29) is 0 Å². The van der Waals surface area contributed by atoms with Gasteiger partial charge in [-0.2, -0.15) is 4.98 Å². The van der Waals surface area contributed by atoms with Gasteiger partial charge in [0.25, 0.3) is 5.89 Å². The number of methoxy groups -OCH3 is 1. The minimum Gasteiger partial charge on any atom is -0.385 e. The highest BCUT2D eigenvalue weighted by Gasteiger charge is 2.17. The first-order valence-electron chi connectivity index (χ1n) is 9.85. The van der Waals surface area contributed by atoms with E-state index >= 15 is 0 Å². The largest absolute Gasteiger partial charge is 0.385 e. The minimum atomic E-state index is 0.512. The SMILES string of the molecule is COCCCn1c(SCc2noc(-c3cccc(C)c3)n2)nnc1-c1ccccc1Cl. The maximum atomic E-state index is 6.40. The average Bonchev–Trinajstić information content (AvgIpc) is 3.40. The number of aromatic nitrogens is 5. The zero-order valence-electron chi connectivity index (χ0n) is 17.3. The van der Waals surface area contributed by atoms with Gasteiger partial charge in [0.05, 0.1) is 10.8 Å². The molecule has 0 amide bonds. The number of hydrogen-bond acceptors (Lipinski definition) is 7. The molecule has 0 aliphatic heterocycles. The zero-order valence-corrected chi connectivity index (χ0v) is 18.9. The van der Waals surface area contributed by atoms with Crippen molar-refractivity contribution in [3.63, 3.8) is 0 Å². The van der Waals surface area contributed by atoms with Crippen LogP contribution in [0.5, 0.6) is 0 Å². The highest BCUT2D eigenvalue weighted by atomic mass is 35.5. The van der Waals surface area contributed by atoms with E-state index in [1.54, 1.807) is 7.11 Å². The number of rotatable bonds is 9. The van der Waals surface area contributed by atoms with E-state index in [1.165, 1.54) is 11.8 Å². The van der Waals surface area contributed by atoms with Gasteiger partial charge < -0.3 is 13.8 Å². The van der Waals surface area contributed by atoms with Crippen molar-refractivity contribution in [2.24, 2.45) is 0 Å². The molecule has 2 aromatic heterocycles. The summed E-state index contributed by atoms with van der Waals surface area (Å²) >= 11 is 7.91. The Morgan fingerprint density at radius 3 is 2.81 bits per heavy atom. The zero-order chi connectivity index (χ0) is 21.6. The van der Waals surface area contributed by atoms with Crippen LogP contribution in [0.25, 0.3) is 22.8 Å². The molecule has 0 radical (unpaired) electrons. The van der Waals surface area contributed by atoms with E-state index < -0.39 is 0 Å². The van der Waals surface area contributed by atoms with Crippen LogP contribution in [0.1, 0.15) is 17.8 Å². The Balaban J connectivity index is 1.54. The summed E-state index contributed by atoms with van der Waals surface area (Å²) in [6.07, 6.45) is 0.833. The second-order valence-electron chi connectivity index (χ2n) is 6.96. The molecule has 4 aromatic rings.